The van der Waals surface area contributed by atoms with Crippen LogP contribution in [0.2, 0.25) is 0 Å². The molecule has 1 aromatic carbocycles. The molecule has 0 heterocycles. The lowest BCUT2D eigenvalue weighted by Gasteiger charge is -2.12. The van der Waals surface area contributed by atoms with Gasteiger partial charge in [-0.3, -0.25) is 4.79 Å². The lowest BCUT2D eigenvalue weighted by Crippen LogP contribution is -2.30. The van der Waals surface area contributed by atoms with Crippen LogP contribution in [0.4, 0.5) is 5.69 Å². The lowest BCUT2D eigenvalue weighted by molar-refractivity contribution is 0.0935. The second kappa shape index (κ2) is 6.61. The molecule has 0 fully saturated rings. The molecule has 5 heteroatoms. The van der Waals surface area contributed by atoms with Crippen molar-refractivity contribution in [3.63, 3.8) is 0 Å². The third-order valence-corrected chi connectivity index (χ3v) is 2.82. The van der Waals surface area contributed by atoms with E-state index in [1.165, 1.54) is 0 Å². The maximum absolute atomic E-state index is 11.9. The molecule has 4 nitrogen and oxygen atoms in total. The van der Waals surface area contributed by atoms with Gasteiger partial charge in [0.05, 0.1) is 12.2 Å². The van der Waals surface area contributed by atoms with Crippen molar-refractivity contribution >= 4 is 27.5 Å². The Morgan fingerprint density at radius 3 is 2.94 bits per heavy atom. The van der Waals surface area contributed by atoms with E-state index in [4.69, 9.17) is 10.5 Å². The Kier molecular flexibility index (Phi) is 5.44. The number of ether oxygens (including phenoxy) is 1. The first kappa shape index (κ1) is 14.0. The van der Waals surface area contributed by atoms with Crippen LogP contribution >= 0.6 is 15.9 Å². The molecule has 94 valence electrons. The first-order chi connectivity index (χ1) is 8.04. The number of hydrogen-bond acceptors (Lipinski definition) is 3. The smallest absolute Gasteiger partial charge is 0.253 e. The van der Waals surface area contributed by atoms with E-state index in [2.05, 4.69) is 21.2 Å². The summed E-state index contributed by atoms with van der Waals surface area (Å²) in [6.07, 6.45) is 0. The summed E-state index contributed by atoms with van der Waals surface area (Å²) in [5.74, 6) is 0.115. The Morgan fingerprint density at radius 2 is 2.29 bits per heavy atom. The highest BCUT2D eigenvalue weighted by atomic mass is 79.9. The molecule has 0 aromatic heterocycles. The van der Waals surface area contributed by atoms with Gasteiger partial charge >= 0.3 is 0 Å². The van der Waals surface area contributed by atoms with Crippen LogP contribution in [0.25, 0.3) is 0 Å². The van der Waals surface area contributed by atoms with Gasteiger partial charge in [-0.05, 0) is 24.1 Å². The van der Waals surface area contributed by atoms with Gasteiger partial charge in [-0.15, -0.1) is 0 Å². The number of nitrogens with two attached hydrogens (primary N) is 1. The molecule has 1 amide bonds. The summed E-state index contributed by atoms with van der Waals surface area (Å²) >= 11 is 3.31. The zero-order valence-electron chi connectivity index (χ0n) is 10.00. The van der Waals surface area contributed by atoms with E-state index in [9.17, 15) is 4.79 Å². The van der Waals surface area contributed by atoms with Gasteiger partial charge in [0.25, 0.3) is 5.91 Å². The topological polar surface area (TPSA) is 64.3 Å². The van der Waals surface area contributed by atoms with Gasteiger partial charge in [-0.1, -0.05) is 22.9 Å². The monoisotopic (exact) mass is 300 g/mol. The molecule has 1 rings (SSSR count). The standard InChI is InChI=1S/C12H17BrN2O2/c1-8(7-17-2)6-15-12(16)10-5-9(13)3-4-11(10)14/h3-5,8H,6-7,14H2,1-2H3,(H,15,16). The maximum Gasteiger partial charge on any atom is 0.253 e. The predicted molar refractivity (Wildman–Crippen MR) is 71.9 cm³/mol. The van der Waals surface area contributed by atoms with Gasteiger partial charge in [0, 0.05) is 23.8 Å². The van der Waals surface area contributed by atoms with E-state index in [1.54, 1.807) is 25.3 Å². The summed E-state index contributed by atoms with van der Waals surface area (Å²) in [5.41, 5.74) is 6.72. The number of rotatable bonds is 5. The van der Waals surface area contributed by atoms with Crippen molar-refractivity contribution in [3.05, 3.63) is 28.2 Å². The minimum atomic E-state index is -0.160. The van der Waals surface area contributed by atoms with Crippen LogP contribution in [0.15, 0.2) is 22.7 Å². The average Bonchev–Trinajstić information content (AvgIpc) is 2.29. The van der Waals surface area contributed by atoms with Crippen LogP contribution in [0.3, 0.4) is 0 Å². The van der Waals surface area contributed by atoms with Crippen molar-refractivity contribution in [2.75, 3.05) is 26.0 Å². The highest BCUT2D eigenvalue weighted by Gasteiger charge is 2.11. The van der Waals surface area contributed by atoms with E-state index < -0.39 is 0 Å². The molecule has 0 aliphatic rings. The second-order valence-electron chi connectivity index (χ2n) is 4.00. The Labute approximate surface area is 110 Å². The van der Waals surface area contributed by atoms with Crippen LogP contribution < -0.4 is 11.1 Å². The first-order valence-corrected chi connectivity index (χ1v) is 6.16. The summed E-state index contributed by atoms with van der Waals surface area (Å²) in [6, 6.07) is 5.23. The SMILES string of the molecule is COCC(C)CNC(=O)c1cc(Br)ccc1N. The van der Waals surface area contributed by atoms with Crippen LogP contribution in [0, 0.1) is 5.92 Å². The minimum Gasteiger partial charge on any atom is -0.398 e. The summed E-state index contributed by atoms with van der Waals surface area (Å²) in [6.45, 7) is 3.20. The number of anilines is 1. The van der Waals surface area contributed by atoms with Crippen LogP contribution in [-0.2, 0) is 4.74 Å². The Morgan fingerprint density at radius 1 is 1.59 bits per heavy atom. The number of halogens is 1. The lowest BCUT2D eigenvalue weighted by atomic mass is 10.1. The Balaban J connectivity index is 2.61. The van der Waals surface area contributed by atoms with Crippen molar-refractivity contribution < 1.29 is 9.53 Å². The number of carbonyl (C=O) groups is 1. The average molecular weight is 301 g/mol. The number of carbonyl (C=O) groups excluding carboxylic acids is 1. The quantitative estimate of drug-likeness (QED) is 0.818. The second-order valence-corrected chi connectivity index (χ2v) is 4.92. The van der Waals surface area contributed by atoms with E-state index in [1.807, 2.05) is 6.92 Å². The molecular weight excluding hydrogens is 284 g/mol. The highest BCUT2D eigenvalue weighted by molar-refractivity contribution is 9.10. The zero-order valence-corrected chi connectivity index (χ0v) is 11.6. The van der Waals surface area contributed by atoms with Gasteiger partial charge in [0.1, 0.15) is 0 Å². The molecule has 3 N–H and O–H groups in total. The Bertz CT molecular complexity index is 396. The number of hydrogen-bond donors (Lipinski definition) is 2. The number of amides is 1. The minimum absolute atomic E-state index is 0.160. The molecule has 0 radical (unpaired) electrons. The van der Waals surface area contributed by atoms with E-state index >= 15 is 0 Å². The zero-order chi connectivity index (χ0) is 12.8. The predicted octanol–water partition coefficient (Wildman–Crippen LogP) is 2.04. The molecule has 0 bridgehead atoms. The van der Waals surface area contributed by atoms with Crippen molar-refractivity contribution in [3.8, 4) is 0 Å². The summed E-state index contributed by atoms with van der Waals surface area (Å²) in [7, 11) is 1.64. The van der Waals surface area contributed by atoms with Gasteiger partial charge in [-0.25, -0.2) is 0 Å². The van der Waals surface area contributed by atoms with E-state index in [0.717, 1.165) is 4.47 Å². The molecule has 0 spiro atoms. The summed E-state index contributed by atoms with van der Waals surface area (Å²) in [5, 5.41) is 2.83. The number of nitrogens with one attached hydrogen (secondary N) is 1. The molecule has 17 heavy (non-hydrogen) atoms. The largest absolute Gasteiger partial charge is 0.398 e. The van der Waals surface area contributed by atoms with Crippen molar-refractivity contribution in [2.45, 2.75) is 6.92 Å². The molecule has 0 saturated carbocycles. The summed E-state index contributed by atoms with van der Waals surface area (Å²) in [4.78, 5) is 11.9. The molecule has 0 aliphatic carbocycles. The normalized spacial score (nSPS) is 12.2. The number of benzene rings is 1. The number of methoxy groups -OCH3 is 1. The molecule has 1 aromatic rings. The fourth-order valence-electron chi connectivity index (χ4n) is 1.43. The molecule has 1 atom stereocenters. The first-order valence-electron chi connectivity index (χ1n) is 5.36. The van der Waals surface area contributed by atoms with Crippen LogP contribution in [0.1, 0.15) is 17.3 Å². The van der Waals surface area contributed by atoms with Gasteiger partial charge < -0.3 is 15.8 Å². The van der Waals surface area contributed by atoms with Crippen molar-refractivity contribution in [2.24, 2.45) is 5.92 Å². The third-order valence-electron chi connectivity index (χ3n) is 2.32. The van der Waals surface area contributed by atoms with Gasteiger partial charge in [-0.2, -0.15) is 0 Å². The van der Waals surface area contributed by atoms with Crippen molar-refractivity contribution in [1.82, 2.24) is 5.32 Å². The third kappa shape index (κ3) is 4.36. The molecular formula is C12H17BrN2O2. The van der Waals surface area contributed by atoms with E-state index in [0.29, 0.717) is 24.4 Å². The fraction of sp³-hybridized carbons (Fsp3) is 0.417. The maximum atomic E-state index is 11.9. The number of nitrogen functional groups attached to an aromatic ring is 1. The highest BCUT2D eigenvalue weighted by Crippen LogP contribution is 2.18. The molecule has 0 saturated heterocycles. The van der Waals surface area contributed by atoms with Crippen molar-refractivity contribution in [1.29, 1.82) is 0 Å². The molecule has 1 unspecified atom stereocenters. The Hall–Kier alpha value is -1.07. The van der Waals surface area contributed by atoms with Crippen LogP contribution in [0.5, 0.6) is 0 Å². The van der Waals surface area contributed by atoms with Gasteiger partial charge in [0.15, 0.2) is 0 Å². The van der Waals surface area contributed by atoms with E-state index in [-0.39, 0.29) is 11.8 Å². The molecule has 0 aliphatic heterocycles. The van der Waals surface area contributed by atoms with Crippen LogP contribution in [-0.4, -0.2) is 26.2 Å². The fourth-order valence-corrected chi connectivity index (χ4v) is 1.79. The van der Waals surface area contributed by atoms with Gasteiger partial charge in [0.2, 0.25) is 0 Å². The summed E-state index contributed by atoms with van der Waals surface area (Å²) < 4.78 is 5.84.